The minimum absolute atomic E-state index is 0.00763. The van der Waals surface area contributed by atoms with Gasteiger partial charge in [-0.2, -0.15) is 15.0 Å². The van der Waals surface area contributed by atoms with E-state index in [1.807, 2.05) is 18.7 Å². The second kappa shape index (κ2) is 6.47. The molecule has 0 amide bonds. The minimum Gasteiger partial charge on any atom is -0.421 e. The number of para-hydroxylation sites is 1. The maximum absolute atomic E-state index is 13.5. The van der Waals surface area contributed by atoms with E-state index in [9.17, 15) is 4.39 Å². The lowest BCUT2D eigenvalue weighted by atomic mass is 10.3. The lowest BCUT2D eigenvalue weighted by Gasteiger charge is -2.18. The number of hydrogen-bond acceptors (Lipinski definition) is 5. The number of benzene rings is 1. The molecule has 5 nitrogen and oxygen atoms in total. The normalized spacial score (nSPS) is 10.4. The molecule has 1 aromatic heterocycles. The van der Waals surface area contributed by atoms with Crippen LogP contribution in [0.2, 0.25) is 5.28 Å². The largest absolute Gasteiger partial charge is 0.421 e. The zero-order valence-corrected chi connectivity index (χ0v) is 11.9. The molecule has 106 valence electrons. The Bertz CT molecular complexity index is 592. The molecular weight excluding hydrogens is 283 g/mol. The van der Waals surface area contributed by atoms with Gasteiger partial charge >= 0.3 is 6.01 Å². The number of hydrogen-bond donors (Lipinski definition) is 0. The third-order valence-corrected chi connectivity index (χ3v) is 2.83. The van der Waals surface area contributed by atoms with Crippen molar-refractivity contribution in [3.63, 3.8) is 0 Å². The standard InChI is InChI=1S/C13H14ClFN4O/c1-3-19(4-2)12-16-11(14)17-13(18-12)20-10-8-6-5-7-9(10)15/h5-8H,3-4H2,1-2H3. The van der Waals surface area contributed by atoms with E-state index in [1.165, 1.54) is 12.1 Å². The molecule has 0 saturated carbocycles. The molecule has 2 aromatic rings. The molecule has 20 heavy (non-hydrogen) atoms. The summed E-state index contributed by atoms with van der Waals surface area (Å²) in [6.07, 6.45) is 0. The van der Waals surface area contributed by atoms with Crippen molar-refractivity contribution in [2.45, 2.75) is 13.8 Å². The summed E-state index contributed by atoms with van der Waals surface area (Å²) >= 11 is 5.85. The molecule has 0 radical (unpaired) electrons. The van der Waals surface area contributed by atoms with Gasteiger partial charge in [0.2, 0.25) is 11.2 Å². The average Bonchev–Trinajstić information content (AvgIpc) is 2.42. The van der Waals surface area contributed by atoms with Crippen molar-refractivity contribution in [3.8, 4) is 11.8 Å². The Morgan fingerprint density at radius 2 is 1.85 bits per heavy atom. The molecule has 0 saturated heterocycles. The first-order valence-electron chi connectivity index (χ1n) is 6.23. The molecule has 0 bridgehead atoms. The Labute approximate surface area is 121 Å². The Balaban J connectivity index is 2.31. The average molecular weight is 297 g/mol. The molecule has 0 aliphatic carbocycles. The summed E-state index contributed by atoms with van der Waals surface area (Å²) in [5.74, 6) is -0.0463. The topological polar surface area (TPSA) is 51.1 Å². The van der Waals surface area contributed by atoms with E-state index in [4.69, 9.17) is 16.3 Å². The van der Waals surface area contributed by atoms with Crippen molar-refractivity contribution >= 4 is 17.5 Å². The smallest absolute Gasteiger partial charge is 0.328 e. The van der Waals surface area contributed by atoms with Crippen molar-refractivity contribution in [1.29, 1.82) is 0 Å². The number of halogens is 2. The highest BCUT2D eigenvalue weighted by atomic mass is 35.5. The molecule has 0 N–H and O–H groups in total. The lowest BCUT2D eigenvalue weighted by molar-refractivity contribution is 0.409. The minimum atomic E-state index is -0.492. The van der Waals surface area contributed by atoms with Crippen molar-refractivity contribution < 1.29 is 9.13 Å². The Morgan fingerprint density at radius 3 is 2.50 bits per heavy atom. The van der Waals surface area contributed by atoms with E-state index >= 15 is 0 Å². The van der Waals surface area contributed by atoms with Crippen LogP contribution in [0.3, 0.4) is 0 Å². The number of aromatic nitrogens is 3. The van der Waals surface area contributed by atoms with Crippen LogP contribution in [0.4, 0.5) is 10.3 Å². The number of rotatable bonds is 5. The van der Waals surface area contributed by atoms with Gasteiger partial charge in [0.05, 0.1) is 0 Å². The first-order valence-corrected chi connectivity index (χ1v) is 6.60. The van der Waals surface area contributed by atoms with Crippen LogP contribution in [0.1, 0.15) is 13.8 Å². The highest BCUT2D eigenvalue weighted by Gasteiger charge is 2.12. The van der Waals surface area contributed by atoms with E-state index in [2.05, 4.69) is 15.0 Å². The Hall–Kier alpha value is -1.95. The van der Waals surface area contributed by atoms with Crippen LogP contribution in [-0.4, -0.2) is 28.0 Å². The summed E-state index contributed by atoms with van der Waals surface area (Å²) in [4.78, 5) is 13.9. The fraction of sp³-hybridized carbons (Fsp3) is 0.308. The van der Waals surface area contributed by atoms with Crippen LogP contribution >= 0.6 is 11.6 Å². The summed E-state index contributed by atoms with van der Waals surface area (Å²) in [7, 11) is 0. The molecule has 2 rings (SSSR count). The monoisotopic (exact) mass is 296 g/mol. The van der Waals surface area contributed by atoms with Crippen molar-refractivity contribution in [1.82, 2.24) is 15.0 Å². The SMILES string of the molecule is CCN(CC)c1nc(Cl)nc(Oc2ccccc2F)n1. The number of ether oxygens (including phenoxy) is 1. The third kappa shape index (κ3) is 3.33. The molecule has 0 aliphatic rings. The van der Waals surface area contributed by atoms with Crippen LogP contribution in [0.5, 0.6) is 11.8 Å². The van der Waals surface area contributed by atoms with Crippen LogP contribution < -0.4 is 9.64 Å². The summed E-state index contributed by atoms with van der Waals surface area (Å²) in [5, 5.41) is 0.00763. The predicted octanol–water partition coefficient (Wildman–Crippen LogP) is 3.30. The molecule has 0 unspecified atom stereocenters. The first-order chi connectivity index (χ1) is 9.63. The summed E-state index contributed by atoms with van der Waals surface area (Å²) < 4.78 is 18.8. The van der Waals surface area contributed by atoms with E-state index in [0.717, 1.165) is 13.1 Å². The molecule has 1 heterocycles. The van der Waals surface area contributed by atoms with Crippen LogP contribution in [0, 0.1) is 5.82 Å². The van der Waals surface area contributed by atoms with Crippen molar-refractivity contribution in [2.75, 3.05) is 18.0 Å². The fourth-order valence-corrected chi connectivity index (χ4v) is 1.79. The Morgan fingerprint density at radius 1 is 1.15 bits per heavy atom. The predicted molar refractivity (Wildman–Crippen MR) is 74.9 cm³/mol. The van der Waals surface area contributed by atoms with E-state index in [-0.39, 0.29) is 17.0 Å². The van der Waals surface area contributed by atoms with Gasteiger partial charge in [-0.25, -0.2) is 4.39 Å². The van der Waals surface area contributed by atoms with Crippen LogP contribution in [0.25, 0.3) is 0 Å². The van der Waals surface area contributed by atoms with Crippen LogP contribution in [-0.2, 0) is 0 Å². The van der Waals surface area contributed by atoms with Gasteiger partial charge in [0.1, 0.15) is 0 Å². The molecule has 7 heteroatoms. The van der Waals surface area contributed by atoms with E-state index in [1.54, 1.807) is 12.1 Å². The second-order valence-electron chi connectivity index (χ2n) is 3.89. The van der Waals surface area contributed by atoms with Gasteiger partial charge in [-0.1, -0.05) is 12.1 Å². The zero-order valence-electron chi connectivity index (χ0n) is 11.2. The molecule has 0 fully saturated rings. The molecule has 0 atom stereocenters. The Kier molecular flexibility index (Phi) is 4.68. The van der Waals surface area contributed by atoms with Gasteiger partial charge < -0.3 is 9.64 Å². The fourth-order valence-electron chi connectivity index (χ4n) is 1.64. The third-order valence-electron chi connectivity index (χ3n) is 2.66. The van der Waals surface area contributed by atoms with Crippen molar-refractivity contribution in [3.05, 3.63) is 35.4 Å². The molecular formula is C13H14ClFN4O. The molecule has 1 aromatic carbocycles. The van der Waals surface area contributed by atoms with Gasteiger partial charge in [-0.3, -0.25) is 0 Å². The summed E-state index contributed by atoms with van der Waals surface area (Å²) in [6.45, 7) is 5.38. The molecule has 0 aliphatic heterocycles. The van der Waals surface area contributed by atoms with Gasteiger partial charge in [0, 0.05) is 13.1 Å². The van der Waals surface area contributed by atoms with E-state index < -0.39 is 5.82 Å². The maximum atomic E-state index is 13.5. The second-order valence-corrected chi connectivity index (χ2v) is 4.23. The van der Waals surface area contributed by atoms with Gasteiger partial charge in [-0.05, 0) is 37.6 Å². The van der Waals surface area contributed by atoms with Gasteiger partial charge in [-0.15, -0.1) is 0 Å². The van der Waals surface area contributed by atoms with Crippen LogP contribution in [0.15, 0.2) is 24.3 Å². The first kappa shape index (κ1) is 14.5. The summed E-state index contributed by atoms with van der Waals surface area (Å²) in [5.41, 5.74) is 0. The zero-order chi connectivity index (χ0) is 14.5. The lowest BCUT2D eigenvalue weighted by Crippen LogP contribution is -2.24. The maximum Gasteiger partial charge on any atom is 0.328 e. The quantitative estimate of drug-likeness (QED) is 0.847. The highest BCUT2D eigenvalue weighted by molar-refractivity contribution is 6.28. The number of nitrogens with zero attached hydrogens (tertiary/aromatic N) is 4. The van der Waals surface area contributed by atoms with E-state index in [0.29, 0.717) is 5.95 Å². The summed E-state index contributed by atoms with van der Waals surface area (Å²) in [6, 6.07) is 5.99. The van der Waals surface area contributed by atoms with Gasteiger partial charge in [0.25, 0.3) is 0 Å². The highest BCUT2D eigenvalue weighted by Crippen LogP contribution is 2.23. The van der Waals surface area contributed by atoms with Crippen molar-refractivity contribution in [2.24, 2.45) is 0 Å². The van der Waals surface area contributed by atoms with Gasteiger partial charge in [0.15, 0.2) is 11.6 Å². The number of anilines is 1. The molecule has 0 spiro atoms.